The molecule has 236 valence electrons. The number of carbonyl (C=O) groups excluding carboxylic acids is 5. The number of carbonyl (C=O) groups is 5. The van der Waals surface area contributed by atoms with Gasteiger partial charge in [0.2, 0.25) is 11.8 Å². The molecule has 5 atom stereocenters. The Labute approximate surface area is 280 Å². The number of benzene rings is 4. The Hall–Kier alpha value is -4.79. The normalized spacial score (nSPS) is 22.7. The number of hydrogen-bond donors (Lipinski definition) is 0. The van der Waals surface area contributed by atoms with Gasteiger partial charge in [0.15, 0.2) is 12.4 Å². The van der Waals surface area contributed by atoms with Crippen LogP contribution in [-0.4, -0.2) is 36.1 Å². The van der Waals surface area contributed by atoms with Gasteiger partial charge in [-0.05, 0) is 96.8 Å². The molecule has 47 heavy (non-hydrogen) atoms. The predicted molar refractivity (Wildman–Crippen MR) is 174 cm³/mol. The lowest BCUT2D eigenvalue weighted by Crippen LogP contribution is -2.33. The van der Waals surface area contributed by atoms with Crippen molar-refractivity contribution in [3.63, 3.8) is 0 Å². The summed E-state index contributed by atoms with van der Waals surface area (Å²) in [6.07, 6.45) is 1.75. The maximum atomic E-state index is 13.7. The number of rotatable bonds is 8. The minimum Gasteiger partial charge on any atom is -0.454 e. The third-order valence-electron chi connectivity index (χ3n) is 9.46. The second-order valence-electron chi connectivity index (χ2n) is 12.1. The molecule has 10 heteroatoms. The molecule has 3 fully saturated rings. The van der Waals surface area contributed by atoms with E-state index in [0.29, 0.717) is 10.7 Å². The van der Waals surface area contributed by atoms with Crippen molar-refractivity contribution in [2.45, 2.75) is 18.8 Å². The van der Waals surface area contributed by atoms with Crippen molar-refractivity contribution in [2.24, 2.45) is 23.7 Å². The lowest BCUT2D eigenvalue weighted by atomic mass is 9.73. The van der Waals surface area contributed by atoms with Crippen LogP contribution in [0.4, 0.5) is 5.69 Å². The van der Waals surface area contributed by atoms with Gasteiger partial charge in [0.25, 0.3) is 0 Å². The number of halogens is 2. The number of ether oxygens (including phenoxy) is 2. The predicted octanol–water partition coefficient (Wildman–Crippen LogP) is 7.18. The quantitative estimate of drug-likeness (QED) is 0.0848. The van der Waals surface area contributed by atoms with Gasteiger partial charge in [0.1, 0.15) is 5.75 Å². The highest BCUT2D eigenvalue weighted by Gasteiger charge is 2.64. The molecule has 0 spiro atoms. The molecule has 1 heterocycles. The number of amides is 2. The van der Waals surface area contributed by atoms with Gasteiger partial charge in [0.05, 0.1) is 33.7 Å². The van der Waals surface area contributed by atoms with Gasteiger partial charge in [-0.1, -0.05) is 59.6 Å². The molecule has 8 nitrogen and oxygen atoms in total. The van der Waals surface area contributed by atoms with E-state index in [2.05, 4.69) is 12.1 Å². The first-order valence-corrected chi connectivity index (χ1v) is 16.0. The molecule has 5 unspecified atom stereocenters. The lowest BCUT2D eigenvalue weighted by molar-refractivity contribution is -0.123. The maximum Gasteiger partial charge on any atom is 0.345 e. The Morgan fingerprint density at radius 1 is 0.745 bits per heavy atom. The van der Waals surface area contributed by atoms with E-state index >= 15 is 0 Å². The van der Waals surface area contributed by atoms with Crippen LogP contribution in [0.15, 0.2) is 97.1 Å². The number of anilines is 1. The van der Waals surface area contributed by atoms with Gasteiger partial charge in [0, 0.05) is 10.6 Å². The van der Waals surface area contributed by atoms with Crippen LogP contribution in [-0.2, 0) is 14.3 Å². The highest BCUT2D eigenvalue weighted by atomic mass is 35.5. The molecule has 1 saturated heterocycles. The summed E-state index contributed by atoms with van der Waals surface area (Å²) >= 11 is 11.9. The van der Waals surface area contributed by atoms with E-state index in [9.17, 15) is 24.0 Å². The number of ketones is 1. The van der Waals surface area contributed by atoms with Gasteiger partial charge in [-0.3, -0.25) is 19.3 Å². The minimum atomic E-state index is -0.769. The molecular weight excluding hydrogens is 641 g/mol. The first-order chi connectivity index (χ1) is 22.7. The maximum absolute atomic E-state index is 13.7. The molecule has 2 amide bonds. The van der Waals surface area contributed by atoms with Crippen LogP contribution in [0.1, 0.15) is 55.4 Å². The number of imide groups is 1. The molecular formula is C37H27Cl2NO7. The summed E-state index contributed by atoms with van der Waals surface area (Å²) in [6, 6.07) is 26.5. The first kappa shape index (κ1) is 30.8. The smallest absolute Gasteiger partial charge is 0.345 e. The summed E-state index contributed by atoms with van der Waals surface area (Å²) in [5, 5.41) is 0.525. The van der Waals surface area contributed by atoms with E-state index in [0.717, 1.165) is 12.8 Å². The number of esters is 2. The Bertz CT molecular complexity index is 1930. The van der Waals surface area contributed by atoms with Crippen LogP contribution in [0.2, 0.25) is 10.0 Å². The summed E-state index contributed by atoms with van der Waals surface area (Å²) < 4.78 is 10.6. The highest BCUT2D eigenvalue weighted by Crippen LogP contribution is 2.61. The van der Waals surface area contributed by atoms with Gasteiger partial charge in [-0.25, -0.2) is 9.59 Å². The molecule has 0 aromatic heterocycles. The van der Waals surface area contributed by atoms with Crippen molar-refractivity contribution < 1.29 is 33.4 Å². The van der Waals surface area contributed by atoms with E-state index in [1.165, 1.54) is 65.1 Å². The Morgan fingerprint density at radius 3 is 2.23 bits per heavy atom. The fourth-order valence-electron chi connectivity index (χ4n) is 7.39. The average Bonchev–Trinajstić information content (AvgIpc) is 3.75. The monoisotopic (exact) mass is 667 g/mol. The zero-order valence-electron chi connectivity index (χ0n) is 24.8. The fourth-order valence-corrected chi connectivity index (χ4v) is 7.88. The molecule has 7 rings (SSSR count). The van der Waals surface area contributed by atoms with E-state index in [4.69, 9.17) is 32.7 Å². The van der Waals surface area contributed by atoms with Crippen LogP contribution >= 0.6 is 23.2 Å². The summed E-state index contributed by atoms with van der Waals surface area (Å²) in [7, 11) is 0. The largest absolute Gasteiger partial charge is 0.454 e. The highest BCUT2D eigenvalue weighted by molar-refractivity contribution is 6.36. The number of hydrogen-bond acceptors (Lipinski definition) is 7. The summed E-state index contributed by atoms with van der Waals surface area (Å²) in [5.41, 5.74) is 2.00. The third kappa shape index (κ3) is 5.72. The molecule has 0 radical (unpaired) electrons. The molecule has 2 saturated carbocycles. The van der Waals surface area contributed by atoms with E-state index in [1.54, 1.807) is 12.1 Å². The van der Waals surface area contributed by atoms with Gasteiger partial charge in [-0.2, -0.15) is 0 Å². The van der Waals surface area contributed by atoms with Crippen LogP contribution in [0, 0.1) is 23.7 Å². The molecule has 3 aliphatic rings. The van der Waals surface area contributed by atoms with E-state index in [1.807, 2.05) is 18.2 Å². The van der Waals surface area contributed by atoms with E-state index < -0.39 is 24.3 Å². The van der Waals surface area contributed by atoms with Crippen LogP contribution in [0.3, 0.4) is 0 Å². The Morgan fingerprint density at radius 2 is 1.49 bits per heavy atom. The third-order valence-corrected chi connectivity index (χ3v) is 10.0. The first-order valence-electron chi connectivity index (χ1n) is 15.2. The summed E-state index contributed by atoms with van der Waals surface area (Å²) in [4.78, 5) is 66.7. The molecule has 1 aliphatic heterocycles. The Balaban J connectivity index is 0.977. The van der Waals surface area contributed by atoms with Crippen molar-refractivity contribution in [3.8, 4) is 5.75 Å². The molecule has 4 aromatic rings. The Kier molecular flexibility index (Phi) is 8.16. The van der Waals surface area contributed by atoms with Crippen LogP contribution in [0.25, 0.3) is 0 Å². The fraction of sp³-hybridized carbons (Fsp3) is 0.216. The minimum absolute atomic E-state index is 0.108. The van der Waals surface area contributed by atoms with Crippen LogP contribution in [0.5, 0.6) is 5.75 Å². The molecule has 2 bridgehead atoms. The zero-order chi connectivity index (χ0) is 32.8. The molecule has 2 aliphatic carbocycles. The number of nitrogens with zero attached hydrogens (tertiary/aromatic N) is 1. The second kappa shape index (κ2) is 12.4. The second-order valence-corrected chi connectivity index (χ2v) is 12.9. The number of fused-ring (bicyclic) bond motifs is 5. The summed E-state index contributed by atoms with van der Waals surface area (Å²) in [6.45, 7) is -0.543. The number of Topliss-reactive ketones (excluding diaryl/α,β-unsaturated/α-hetero) is 1. The zero-order valence-corrected chi connectivity index (χ0v) is 26.3. The topological polar surface area (TPSA) is 107 Å². The molecule has 4 aromatic carbocycles. The van der Waals surface area contributed by atoms with Gasteiger partial charge < -0.3 is 9.47 Å². The molecule has 0 N–H and O–H groups in total. The van der Waals surface area contributed by atoms with Gasteiger partial charge in [-0.15, -0.1) is 0 Å². The van der Waals surface area contributed by atoms with Crippen molar-refractivity contribution in [3.05, 3.63) is 129 Å². The van der Waals surface area contributed by atoms with Crippen molar-refractivity contribution in [1.82, 2.24) is 0 Å². The lowest BCUT2D eigenvalue weighted by Gasteiger charge is -2.28. The van der Waals surface area contributed by atoms with Crippen molar-refractivity contribution >= 4 is 58.4 Å². The van der Waals surface area contributed by atoms with Crippen LogP contribution < -0.4 is 9.64 Å². The summed E-state index contributed by atoms with van der Waals surface area (Å²) in [5.74, 6) is -2.40. The van der Waals surface area contributed by atoms with Crippen molar-refractivity contribution in [2.75, 3.05) is 11.5 Å². The van der Waals surface area contributed by atoms with Crippen molar-refractivity contribution in [1.29, 1.82) is 0 Å². The average molecular weight is 669 g/mol. The van der Waals surface area contributed by atoms with Gasteiger partial charge >= 0.3 is 11.9 Å². The van der Waals surface area contributed by atoms with E-state index in [-0.39, 0.29) is 68.9 Å². The standard InChI is InChI=1S/C37H27Cl2NO7/c38-24-11-14-27(30(39)18-24)37(45)47-26-12-9-21(10-13-26)31(41)19-46-36(44)22-7-4-8-25(15-22)40-34(42)32-23-16-28(20-5-2-1-3-6-20)29(17-23)33(32)35(40)43/h1-15,18,23,28-29,32-33H,16-17,19H2. The SMILES string of the molecule is O=C(COC(=O)c1cccc(N2C(=O)C3C4CC(c5ccccc5)C(C4)C3C2=O)c1)c1ccc(OC(=O)c2ccc(Cl)cc2Cl)cc1.